The number of hydrogen-bond donors (Lipinski definition) is 0. The minimum absolute atomic E-state index is 0.146. The summed E-state index contributed by atoms with van der Waals surface area (Å²) in [6.07, 6.45) is 0. The number of benzene rings is 1. The fraction of sp³-hybridized carbons (Fsp3) is 0. The number of carbonyl (C=O) groups is 1. The number of rotatable bonds is 2. The number of carbonyl (C=O) groups excluding carboxylic acids is 1. The molecule has 0 saturated heterocycles. The van der Waals surface area contributed by atoms with Gasteiger partial charge in [-0.15, -0.1) is 0 Å². The molecule has 0 spiro atoms. The van der Waals surface area contributed by atoms with Crippen molar-refractivity contribution in [2.45, 2.75) is 0 Å². The van der Waals surface area contributed by atoms with E-state index in [1.54, 1.807) is 24.3 Å². The van der Waals surface area contributed by atoms with Gasteiger partial charge in [0.15, 0.2) is 10.4 Å². The van der Waals surface area contributed by atoms with E-state index in [1.165, 1.54) is 0 Å². The molecule has 0 aliphatic carbocycles. The van der Waals surface area contributed by atoms with Crippen LogP contribution in [0.2, 0.25) is 0 Å². The zero-order valence-electron chi connectivity index (χ0n) is 7.84. The van der Waals surface area contributed by atoms with Gasteiger partial charge in [-0.2, -0.15) is 0 Å². The fourth-order valence-corrected chi connectivity index (χ4v) is 2.86. The molecule has 2 rings (SSSR count). The van der Waals surface area contributed by atoms with E-state index in [4.69, 9.17) is 4.42 Å². The van der Waals surface area contributed by atoms with Crippen LogP contribution in [0.1, 0.15) is 16.1 Å². The van der Waals surface area contributed by atoms with Crippen LogP contribution >= 0.6 is 47.8 Å². The number of furan rings is 1. The largest absolute Gasteiger partial charge is 0.446 e. The van der Waals surface area contributed by atoms with Crippen molar-refractivity contribution >= 4 is 53.6 Å². The van der Waals surface area contributed by atoms with Crippen molar-refractivity contribution in [3.63, 3.8) is 0 Å². The molecule has 5 heteroatoms. The standard InChI is InChI=1S/C11H5Br3O2/c12-7-3-6(4-8(13)5-7)11(15)9-1-2-10(14)16-9/h1-5H. The molecule has 1 aromatic carbocycles. The van der Waals surface area contributed by atoms with Gasteiger partial charge in [-0.3, -0.25) is 4.79 Å². The Morgan fingerprint density at radius 1 is 1.00 bits per heavy atom. The van der Waals surface area contributed by atoms with Crippen molar-refractivity contribution in [1.82, 2.24) is 0 Å². The Balaban J connectivity index is 2.41. The maximum atomic E-state index is 12.0. The molecule has 0 radical (unpaired) electrons. The van der Waals surface area contributed by atoms with Crippen LogP contribution < -0.4 is 0 Å². The maximum Gasteiger partial charge on any atom is 0.228 e. The molecule has 1 aromatic heterocycles. The van der Waals surface area contributed by atoms with Gasteiger partial charge in [0.2, 0.25) is 5.78 Å². The van der Waals surface area contributed by atoms with Crippen LogP contribution in [0.3, 0.4) is 0 Å². The Hall–Kier alpha value is -0.390. The molecule has 0 aliphatic heterocycles. The Morgan fingerprint density at radius 3 is 2.12 bits per heavy atom. The Kier molecular flexibility index (Phi) is 3.66. The second kappa shape index (κ2) is 4.85. The average molecular weight is 409 g/mol. The molecule has 1 heterocycles. The molecule has 0 bridgehead atoms. The Labute approximate surface area is 117 Å². The van der Waals surface area contributed by atoms with E-state index in [0.29, 0.717) is 16.0 Å². The van der Waals surface area contributed by atoms with Gasteiger partial charge in [-0.1, -0.05) is 31.9 Å². The Morgan fingerprint density at radius 2 is 1.62 bits per heavy atom. The molecule has 16 heavy (non-hydrogen) atoms. The van der Waals surface area contributed by atoms with Gasteiger partial charge in [0.1, 0.15) is 0 Å². The highest BCUT2D eigenvalue weighted by atomic mass is 79.9. The zero-order valence-corrected chi connectivity index (χ0v) is 12.6. The third-order valence-corrected chi connectivity index (χ3v) is 3.26. The van der Waals surface area contributed by atoms with Gasteiger partial charge in [0.05, 0.1) is 0 Å². The first-order valence-corrected chi connectivity index (χ1v) is 6.70. The van der Waals surface area contributed by atoms with Crippen molar-refractivity contribution in [2.75, 3.05) is 0 Å². The second-order valence-electron chi connectivity index (χ2n) is 3.09. The van der Waals surface area contributed by atoms with E-state index in [9.17, 15) is 4.79 Å². The number of halogens is 3. The van der Waals surface area contributed by atoms with Crippen LogP contribution in [-0.2, 0) is 0 Å². The van der Waals surface area contributed by atoms with E-state index >= 15 is 0 Å². The molecule has 0 saturated carbocycles. The highest BCUT2D eigenvalue weighted by Crippen LogP contribution is 2.23. The minimum atomic E-state index is -0.146. The van der Waals surface area contributed by atoms with E-state index in [0.717, 1.165) is 8.95 Å². The van der Waals surface area contributed by atoms with Crippen LogP contribution in [0, 0.1) is 0 Å². The summed E-state index contributed by atoms with van der Waals surface area (Å²) < 4.78 is 7.45. The first kappa shape index (κ1) is 12.1. The minimum Gasteiger partial charge on any atom is -0.446 e. The zero-order chi connectivity index (χ0) is 11.7. The maximum absolute atomic E-state index is 12.0. The van der Waals surface area contributed by atoms with Crippen molar-refractivity contribution in [1.29, 1.82) is 0 Å². The van der Waals surface area contributed by atoms with Gasteiger partial charge in [0, 0.05) is 14.5 Å². The average Bonchev–Trinajstić information content (AvgIpc) is 2.62. The third kappa shape index (κ3) is 2.64. The molecular weight excluding hydrogens is 404 g/mol. The summed E-state index contributed by atoms with van der Waals surface area (Å²) in [5.41, 5.74) is 0.572. The van der Waals surface area contributed by atoms with Crippen molar-refractivity contribution in [3.05, 3.63) is 55.3 Å². The summed E-state index contributed by atoms with van der Waals surface area (Å²) in [5.74, 6) is 0.171. The summed E-state index contributed by atoms with van der Waals surface area (Å²) in [6.45, 7) is 0. The quantitative estimate of drug-likeness (QED) is 0.668. The lowest BCUT2D eigenvalue weighted by Gasteiger charge is -2.00. The third-order valence-electron chi connectivity index (χ3n) is 1.92. The SMILES string of the molecule is O=C(c1cc(Br)cc(Br)c1)c1ccc(Br)o1. The highest BCUT2D eigenvalue weighted by Gasteiger charge is 2.14. The van der Waals surface area contributed by atoms with Crippen molar-refractivity contribution in [2.24, 2.45) is 0 Å². The molecule has 0 amide bonds. The lowest BCUT2D eigenvalue weighted by molar-refractivity contribution is 0.101. The smallest absolute Gasteiger partial charge is 0.228 e. The summed E-state index contributed by atoms with van der Waals surface area (Å²) in [5, 5.41) is 0. The molecule has 0 N–H and O–H groups in total. The fourth-order valence-electron chi connectivity index (χ4n) is 1.26. The van der Waals surface area contributed by atoms with Crippen LogP contribution in [0.15, 0.2) is 48.4 Å². The molecular formula is C11H5Br3O2. The summed E-state index contributed by atoms with van der Waals surface area (Å²) >= 11 is 9.84. The molecule has 2 aromatic rings. The monoisotopic (exact) mass is 406 g/mol. The van der Waals surface area contributed by atoms with Crippen LogP contribution in [0.5, 0.6) is 0 Å². The summed E-state index contributed by atoms with van der Waals surface area (Å²) in [6, 6.07) is 8.71. The van der Waals surface area contributed by atoms with Crippen LogP contribution in [0.4, 0.5) is 0 Å². The molecule has 2 nitrogen and oxygen atoms in total. The summed E-state index contributed by atoms with van der Waals surface area (Å²) in [4.78, 5) is 12.0. The first-order valence-electron chi connectivity index (χ1n) is 4.32. The lowest BCUT2D eigenvalue weighted by atomic mass is 10.1. The van der Waals surface area contributed by atoms with Gasteiger partial charge in [-0.05, 0) is 46.3 Å². The predicted molar refractivity (Wildman–Crippen MR) is 71.7 cm³/mol. The van der Waals surface area contributed by atoms with Gasteiger partial charge >= 0.3 is 0 Å². The van der Waals surface area contributed by atoms with Gasteiger partial charge in [0.25, 0.3) is 0 Å². The molecule has 0 unspecified atom stereocenters. The lowest BCUT2D eigenvalue weighted by Crippen LogP contribution is -1.99. The van der Waals surface area contributed by atoms with E-state index in [2.05, 4.69) is 47.8 Å². The van der Waals surface area contributed by atoms with E-state index < -0.39 is 0 Å². The number of hydrogen-bond acceptors (Lipinski definition) is 2. The van der Waals surface area contributed by atoms with Gasteiger partial charge in [-0.25, -0.2) is 0 Å². The molecule has 0 fully saturated rings. The van der Waals surface area contributed by atoms with E-state index in [1.807, 2.05) is 6.07 Å². The van der Waals surface area contributed by atoms with Crippen LogP contribution in [-0.4, -0.2) is 5.78 Å². The first-order chi connectivity index (χ1) is 7.56. The molecule has 0 aliphatic rings. The normalized spacial score (nSPS) is 10.4. The topological polar surface area (TPSA) is 30.2 Å². The van der Waals surface area contributed by atoms with Crippen LogP contribution in [0.25, 0.3) is 0 Å². The van der Waals surface area contributed by atoms with Crippen molar-refractivity contribution < 1.29 is 9.21 Å². The van der Waals surface area contributed by atoms with E-state index in [-0.39, 0.29) is 5.78 Å². The molecule has 0 atom stereocenters. The van der Waals surface area contributed by atoms with Gasteiger partial charge < -0.3 is 4.42 Å². The molecule has 82 valence electrons. The second-order valence-corrected chi connectivity index (χ2v) is 5.70. The summed E-state index contributed by atoms with van der Waals surface area (Å²) in [7, 11) is 0. The van der Waals surface area contributed by atoms with Crippen molar-refractivity contribution in [3.8, 4) is 0 Å². The Bertz CT molecular complexity index is 526. The number of ketones is 1. The highest BCUT2D eigenvalue weighted by molar-refractivity contribution is 9.11. The predicted octanol–water partition coefficient (Wildman–Crippen LogP) is 4.80.